The molecule has 0 atom stereocenters. The van der Waals surface area contributed by atoms with Crippen molar-refractivity contribution in [3.05, 3.63) is 58.9 Å². The van der Waals surface area contributed by atoms with Crippen LogP contribution in [0.15, 0.2) is 36.4 Å². The standard InChI is InChI=1S/C20H19N3O2/c1-12-13(2)22-18-11-15(4-6-17(18)21-12)20(24)23-9-8-14-10-16(25-3)5-7-19(14)23/h4-7,10-11H,8-9H2,1-3H3. The minimum Gasteiger partial charge on any atom is -0.497 e. The lowest BCUT2D eigenvalue weighted by Gasteiger charge is -2.18. The van der Waals surface area contributed by atoms with Crippen LogP contribution in [0.25, 0.3) is 11.0 Å². The topological polar surface area (TPSA) is 55.3 Å². The number of methoxy groups -OCH3 is 1. The van der Waals surface area contributed by atoms with Crippen molar-refractivity contribution < 1.29 is 9.53 Å². The van der Waals surface area contributed by atoms with E-state index in [4.69, 9.17) is 4.74 Å². The number of nitrogens with zero attached hydrogens (tertiary/aromatic N) is 3. The van der Waals surface area contributed by atoms with Gasteiger partial charge in [0.25, 0.3) is 5.91 Å². The summed E-state index contributed by atoms with van der Waals surface area (Å²) in [5.74, 6) is 0.811. The maximum absolute atomic E-state index is 13.0. The molecule has 1 aliphatic heterocycles. The van der Waals surface area contributed by atoms with Gasteiger partial charge in [0.1, 0.15) is 5.75 Å². The van der Waals surface area contributed by atoms with E-state index in [0.29, 0.717) is 12.1 Å². The van der Waals surface area contributed by atoms with E-state index < -0.39 is 0 Å². The summed E-state index contributed by atoms with van der Waals surface area (Å²) in [6, 6.07) is 11.4. The maximum Gasteiger partial charge on any atom is 0.258 e. The fourth-order valence-electron chi connectivity index (χ4n) is 3.24. The Balaban J connectivity index is 1.71. The Labute approximate surface area is 146 Å². The number of carbonyl (C=O) groups excluding carboxylic acids is 1. The Bertz CT molecular complexity index is 998. The van der Waals surface area contributed by atoms with Gasteiger partial charge in [-0.2, -0.15) is 0 Å². The number of fused-ring (bicyclic) bond motifs is 2. The van der Waals surface area contributed by atoms with Crippen molar-refractivity contribution in [1.82, 2.24) is 9.97 Å². The van der Waals surface area contributed by atoms with Crippen molar-refractivity contribution in [1.29, 1.82) is 0 Å². The zero-order valence-electron chi connectivity index (χ0n) is 14.5. The highest BCUT2D eigenvalue weighted by atomic mass is 16.5. The fourth-order valence-corrected chi connectivity index (χ4v) is 3.24. The molecule has 0 radical (unpaired) electrons. The summed E-state index contributed by atoms with van der Waals surface area (Å²) in [4.78, 5) is 23.9. The number of carbonyl (C=O) groups is 1. The number of amides is 1. The zero-order valence-corrected chi connectivity index (χ0v) is 14.5. The van der Waals surface area contributed by atoms with Crippen molar-refractivity contribution in [2.75, 3.05) is 18.6 Å². The number of ether oxygens (including phenoxy) is 1. The molecule has 0 N–H and O–H groups in total. The van der Waals surface area contributed by atoms with Crippen molar-refractivity contribution in [3.63, 3.8) is 0 Å². The Hall–Kier alpha value is -2.95. The molecule has 0 bridgehead atoms. The van der Waals surface area contributed by atoms with Gasteiger partial charge in [-0.1, -0.05) is 0 Å². The molecule has 2 aromatic carbocycles. The van der Waals surface area contributed by atoms with Crippen LogP contribution >= 0.6 is 0 Å². The quantitative estimate of drug-likeness (QED) is 0.721. The second kappa shape index (κ2) is 5.84. The monoisotopic (exact) mass is 333 g/mol. The minimum absolute atomic E-state index is 0.00848. The van der Waals surface area contributed by atoms with Crippen LogP contribution in [0.5, 0.6) is 5.75 Å². The zero-order chi connectivity index (χ0) is 17.6. The van der Waals surface area contributed by atoms with Gasteiger partial charge in [-0.05, 0) is 62.2 Å². The molecule has 126 valence electrons. The second-order valence-corrected chi connectivity index (χ2v) is 6.30. The molecule has 1 aliphatic rings. The van der Waals surface area contributed by atoms with Crippen LogP contribution in [0.1, 0.15) is 27.3 Å². The first kappa shape index (κ1) is 15.6. The summed E-state index contributed by atoms with van der Waals surface area (Å²) >= 11 is 0. The summed E-state index contributed by atoms with van der Waals surface area (Å²) in [6.07, 6.45) is 0.837. The summed E-state index contributed by atoms with van der Waals surface area (Å²) < 4.78 is 5.27. The van der Waals surface area contributed by atoms with E-state index in [1.54, 1.807) is 7.11 Å². The number of benzene rings is 2. The molecule has 0 spiro atoms. The lowest BCUT2D eigenvalue weighted by Crippen LogP contribution is -2.28. The second-order valence-electron chi connectivity index (χ2n) is 6.30. The predicted octanol–water partition coefficient (Wildman–Crippen LogP) is 3.46. The molecule has 0 aliphatic carbocycles. The lowest BCUT2D eigenvalue weighted by atomic mass is 10.1. The van der Waals surface area contributed by atoms with Crippen LogP contribution in [-0.2, 0) is 6.42 Å². The predicted molar refractivity (Wildman–Crippen MR) is 97.4 cm³/mol. The van der Waals surface area contributed by atoms with Gasteiger partial charge in [0.2, 0.25) is 0 Å². The SMILES string of the molecule is COc1ccc2c(c1)CCN2C(=O)c1ccc2nc(C)c(C)nc2c1. The van der Waals surface area contributed by atoms with Crippen LogP contribution in [0.3, 0.4) is 0 Å². The summed E-state index contributed by atoms with van der Waals surface area (Å²) in [7, 11) is 1.65. The van der Waals surface area contributed by atoms with Crippen LogP contribution in [0, 0.1) is 13.8 Å². The van der Waals surface area contributed by atoms with E-state index in [1.807, 2.05) is 55.1 Å². The van der Waals surface area contributed by atoms with Crippen molar-refractivity contribution in [2.45, 2.75) is 20.3 Å². The maximum atomic E-state index is 13.0. The molecular formula is C20H19N3O2. The van der Waals surface area contributed by atoms with E-state index in [-0.39, 0.29) is 5.91 Å². The van der Waals surface area contributed by atoms with Crippen molar-refractivity contribution in [2.24, 2.45) is 0 Å². The molecule has 1 aromatic heterocycles. The van der Waals surface area contributed by atoms with E-state index >= 15 is 0 Å². The first-order valence-corrected chi connectivity index (χ1v) is 8.30. The number of hydrogen-bond donors (Lipinski definition) is 0. The molecule has 3 aromatic rings. The highest BCUT2D eigenvalue weighted by Gasteiger charge is 2.26. The molecule has 5 heteroatoms. The molecule has 0 saturated carbocycles. The fraction of sp³-hybridized carbons (Fsp3) is 0.250. The third-order valence-corrected chi connectivity index (χ3v) is 4.75. The molecule has 5 nitrogen and oxygen atoms in total. The molecule has 25 heavy (non-hydrogen) atoms. The normalized spacial score (nSPS) is 13.2. The van der Waals surface area contributed by atoms with Crippen molar-refractivity contribution in [3.8, 4) is 5.75 Å². The van der Waals surface area contributed by atoms with Gasteiger partial charge < -0.3 is 9.64 Å². The van der Waals surface area contributed by atoms with Gasteiger partial charge in [-0.25, -0.2) is 9.97 Å². The molecule has 4 rings (SSSR count). The Morgan fingerprint density at radius 1 is 1.04 bits per heavy atom. The first-order chi connectivity index (χ1) is 12.1. The smallest absolute Gasteiger partial charge is 0.258 e. The Morgan fingerprint density at radius 2 is 1.80 bits per heavy atom. The van der Waals surface area contributed by atoms with Crippen LogP contribution in [0.2, 0.25) is 0 Å². The van der Waals surface area contributed by atoms with E-state index in [2.05, 4.69) is 9.97 Å². The Kier molecular flexibility index (Phi) is 3.64. The van der Waals surface area contributed by atoms with Gasteiger partial charge in [0, 0.05) is 17.8 Å². The van der Waals surface area contributed by atoms with E-state index in [0.717, 1.165) is 45.8 Å². The summed E-state index contributed by atoms with van der Waals surface area (Å²) in [5.41, 5.74) is 6.09. The summed E-state index contributed by atoms with van der Waals surface area (Å²) in [5, 5.41) is 0. The first-order valence-electron chi connectivity index (χ1n) is 8.30. The third-order valence-electron chi connectivity index (χ3n) is 4.75. The number of hydrogen-bond acceptors (Lipinski definition) is 4. The largest absolute Gasteiger partial charge is 0.497 e. The van der Waals surface area contributed by atoms with Gasteiger partial charge in [-0.15, -0.1) is 0 Å². The number of aryl methyl sites for hydroxylation is 2. The molecule has 0 fully saturated rings. The number of anilines is 1. The average Bonchev–Trinajstić information content (AvgIpc) is 3.04. The van der Waals surface area contributed by atoms with Crippen molar-refractivity contribution >= 4 is 22.6 Å². The Morgan fingerprint density at radius 3 is 2.56 bits per heavy atom. The highest BCUT2D eigenvalue weighted by molar-refractivity contribution is 6.08. The average molecular weight is 333 g/mol. The highest BCUT2D eigenvalue weighted by Crippen LogP contribution is 2.32. The molecule has 0 saturated heterocycles. The lowest BCUT2D eigenvalue weighted by molar-refractivity contribution is 0.0989. The molecule has 0 unspecified atom stereocenters. The van der Waals surface area contributed by atoms with Gasteiger partial charge >= 0.3 is 0 Å². The van der Waals surface area contributed by atoms with Crippen LogP contribution in [0.4, 0.5) is 5.69 Å². The molecule has 1 amide bonds. The molecule has 2 heterocycles. The minimum atomic E-state index is -0.00848. The van der Waals surface area contributed by atoms with E-state index in [9.17, 15) is 4.79 Å². The van der Waals surface area contributed by atoms with E-state index in [1.165, 1.54) is 0 Å². The third kappa shape index (κ3) is 2.61. The van der Waals surface area contributed by atoms with Gasteiger partial charge in [0.15, 0.2) is 0 Å². The van der Waals surface area contributed by atoms with Gasteiger partial charge in [0.05, 0.1) is 29.5 Å². The summed E-state index contributed by atoms with van der Waals surface area (Å²) in [6.45, 7) is 4.55. The van der Waals surface area contributed by atoms with Crippen LogP contribution < -0.4 is 9.64 Å². The molecular weight excluding hydrogens is 314 g/mol. The number of aromatic nitrogens is 2. The van der Waals surface area contributed by atoms with Crippen LogP contribution in [-0.4, -0.2) is 29.5 Å². The number of rotatable bonds is 2. The van der Waals surface area contributed by atoms with Gasteiger partial charge in [-0.3, -0.25) is 4.79 Å².